The summed E-state index contributed by atoms with van der Waals surface area (Å²) >= 11 is 9.22. The van der Waals surface area contributed by atoms with Crippen LogP contribution in [0.1, 0.15) is 31.9 Å². The highest BCUT2D eigenvalue weighted by atomic mass is 79.9. The minimum Gasteiger partial charge on any atom is -0.490 e. The van der Waals surface area contributed by atoms with E-state index >= 15 is 0 Å². The van der Waals surface area contributed by atoms with Crippen molar-refractivity contribution in [2.75, 3.05) is 11.5 Å². The number of halogens is 1. The van der Waals surface area contributed by atoms with Crippen molar-refractivity contribution in [3.8, 4) is 11.5 Å². The monoisotopic (exact) mass is 418 g/mol. The van der Waals surface area contributed by atoms with Gasteiger partial charge < -0.3 is 14.8 Å². The quantitative estimate of drug-likeness (QED) is 0.725. The first kappa shape index (κ1) is 16.7. The van der Waals surface area contributed by atoms with Gasteiger partial charge in [-0.15, -0.1) is 0 Å². The van der Waals surface area contributed by atoms with Crippen molar-refractivity contribution in [2.24, 2.45) is 0 Å². The summed E-state index contributed by atoms with van der Waals surface area (Å²) in [6.45, 7) is 4.66. The van der Waals surface area contributed by atoms with Crippen LogP contribution < -0.4 is 19.7 Å². The van der Waals surface area contributed by atoms with Crippen LogP contribution in [0, 0.1) is 0 Å². The summed E-state index contributed by atoms with van der Waals surface area (Å²) < 4.78 is 13.3. The maximum Gasteiger partial charge on any atom is 0.188 e. The van der Waals surface area contributed by atoms with Crippen molar-refractivity contribution in [3.05, 3.63) is 52.5 Å². The van der Waals surface area contributed by atoms with Crippen molar-refractivity contribution in [1.29, 1.82) is 0 Å². The van der Waals surface area contributed by atoms with Gasteiger partial charge in [-0.2, -0.15) is 0 Å². The Morgan fingerprint density at radius 3 is 2.92 bits per heavy atom. The molecule has 2 atom stereocenters. The lowest BCUT2D eigenvalue weighted by molar-refractivity contribution is 0.0457. The number of rotatable bonds is 3. The molecule has 1 fully saturated rings. The van der Waals surface area contributed by atoms with E-state index in [0.29, 0.717) is 11.7 Å². The largest absolute Gasteiger partial charge is 0.490 e. The van der Waals surface area contributed by atoms with Gasteiger partial charge in [0.1, 0.15) is 0 Å². The molecule has 1 N–H and O–H groups in total. The van der Waals surface area contributed by atoms with E-state index < -0.39 is 5.72 Å². The van der Waals surface area contributed by atoms with E-state index in [1.54, 1.807) is 0 Å². The highest BCUT2D eigenvalue weighted by molar-refractivity contribution is 9.10. The summed E-state index contributed by atoms with van der Waals surface area (Å²) in [6, 6.07) is 14.2. The minimum absolute atomic E-state index is 0.116. The zero-order chi connectivity index (χ0) is 17.6. The highest BCUT2D eigenvalue weighted by Gasteiger charge is 2.49. The Hall–Kier alpha value is -1.79. The number of hydrogen-bond acceptors (Lipinski definition) is 3. The highest BCUT2D eigenvalue weighted by Crippen LogP contribution is 2.49. The van der Waals surface area contributed by atoms with Crippen LogP contribution in [0.25, 0.3) is 0 Å². The fourth-order valence-corrected chi connectivity index (χ4v) is 4.46. The standard InChI is InChI=1S/C19H19BrN2O2S/c1-3-23-16-9-5-8-14-15-11-19(2,24-17(14)16)22(18(25)21-15)13-7-4-6-12(20)10-13/h4-10,15H,3,11H2,1-2H3,(H,21,25)/t15-,19-/m0/s1. The van der Waals surface area contributed by atoms with Gasteiger partial charge in [0.05, 0.1) is 12.6 Å². The molecule has 2 bridgehead atoms. The van der Waals surface area contributed by atoms with E-state index in [2.05, 4.69) is 39.1 Å². The Labute approximate surface area is 161 Å². The van der Waals surface area contributed by atoms with Crippen LogP contribution in [0.2, 0.25) is 0 Å². The molecule has 0 saturated carbocycles. The molecule has 0 amide bonds. The van der Waals surface area contributed by atoms with E-state index in [1.165, 1.54) is 0 Å². The third kappa shape index (κ3) is 2.77. The van der Waals surface area contributed by atoms with E-state index in [4.69, 9.17) is 21.7 Å². The van der Waals surface area contributed by atoms with E-state index in [0.717, 1.165) is 33.6 Å². The van der Waals surface area contributed by atoms with Crippen LogP contribution in [0.5, 0.6) is 11.5 Å². The number of ether oxygens (including phenoxy) is 2. The Balaban J connectivity index is 1.81. The van der Waals surface area contributed by atoms with Crippen LogP contribution in [0.3, 0.4) is 0 Å². The number of fused-ring (bicyclic) bond motifs is 4. The topological polar surface area (TPSA) is 33.7 Å². The average Bonchev–Trinajstić information content (AvgIpc) is 2.55. The Bertz CT molecular complexity index is 844. The van der Waals surface area contributed by atoms with Gasteiger partial charge in [0.25, 0.3) is 0 Å². The van der Waals surface area contributed by atoms with Crippen molar-refractivity contribution in [3.63, 3.8) is 0 Å². The Morgan fingerprint density at radius 2 is 2.16 bits per heavy atom. The lowest BCUT2D eigenvalue weighted by Gasteiger charge is -2.52. The van der Waals surface area contributed by atoms with Crippen molar-refractivity contribution in [2.45, 2.75) is 32.0 Å². The van der Waals surface area contributed by atoms with Crippen LogP contribution in [-0.4, -0.2) is 17.4 Å². The predicted octanol–water partition coefficient (Wildman–Crippen LogP) is 4.78. The van der Waals surface area contributed by atoms with Gasteiger partial charge in [-0.25, -0.2) is 0 Å². The van der Waals surface area contributed by atoms with Gasteiger partial charge in [-0.05, 0) is 50.3 Å². The zero-order valence-electron chi connectivity index (χ0n) is 14.1. The molecule has 0 spiro atoms. The zero-order valence-corrected chi connectivity index (χ0v) is 16.5. The number of benzene rings is 2. The van der Waals surface area contributed by atoms with Gasteiger partial charge in [0.15, 0.2) is 22.3 Å². The van der Waals surface area contributed by atoms with Crippen LogP contribution in [0.4, 0.5) is 5.69 Å². The van der Waals surface area contributed by atoms with Gasteiger partial charge in [0.2, 0.25) is 0 Å². The Kier molecular flexibility index (Phi) is 4.12. The number of nitrogens with one attached hydrogen (secondary N) is 1. The third-order valence-electron chi connectivity index (χ3n) is 4.63. The fourth-order valence-electron chi connectivity index (χ4n) is 3.64. The van der Waals surface area contributed by atoms with Crippen molar-refractivity contribution >= 4 is 38.9 Å². The fraction of sp³-hybridized carbons (Fsp3) is 0.316. The van der Waals surface area contributed by atoms with Gasteiger partial charge in [-0.1, -0.05) is 34.1 Å². The maximum absolute atomic E-state index is 6.51. The molecule has 1 saturated heterocycles. The summed E-state index contributed by atoms with van der Waals surface area (Å²) in [5, 5.41) is 4.14. The molecule has 4 nitrogen and oxygen atoms in total. The smallest absolute Gasteiger partial charge is 0.188 e. The lowest BCUT2D eigenvalue weighted by Crippen LogP contribution is -2.65. The summed E-state index contributed by atoms with van der Waals surface area (Å²) in [6.07, 6.45) is 0.794. The van der Waals surface area contributed by atoms with Crippen LogP contribution >= 0.6 is 28.1 Å². The third-order valence-corrected chi connectivity index (χ3v) is 5.42. The molecule has 0 aliphatic carbocycles. The number of nitrogens with zero attached hydrogens (tertiary/aromatic N) is 1. The second kappa shape index (κ2) is 6.18. The SMILES string of the molecule is CCOc1cccc2c1O[C@@]1(C)C[C@@H]2NC(=S)N1c1cccc(Br)c1. The number of hydrogen-bond donors (Lipinski definition) is 1. The van der Waals surface area contributed by atoms with E-state index in [-0.39, 0.29) is 6.04 Å². The molecule has 0 radical (unpaired) electrons. The first-order valence-corrected chi connectivity index (χ1v) is 9.53. The predicted molar refractivity (Wildman–Crippen MR) is 106 cm³/mol. The average molecular weight is 419 g/mol. The maximum atomic E-state index is 6.51. The molecular weight excluding hydrogens is 400 g/mol. The minimum atomic E-state index is -0.575. The molecule has 2 aliphatic heterocycles. The number of thiocarbonyl (C=S) groups is 1. The van der Waals surface area contributed by atoms with Gasteiger partial charge in [0, 0.05) is 22.1 Å². The second-order valence-electron chi connectivity index (χ2n) is 6.41. The van der Waals surface area contributed by atoms with E-state index in [1.807, 2.05) is 43.3 Å². The molecule has 2 aromatic carbocycles. The lowest BCUT2D eigenvalue weighted by atomic mass is 9.90. The first-order valence-electron chi connectivity index (χ1n) is 8.33. The molecular formula is C19H19BrN2O2S. The summed E-state index contributed by atoms with van der Waals surface area (Å²) in [5.74, 6) is 1.58. The van der Waals surface area contributed by atoms with E-state index in [9.17, 15) is 0 Å². The Morgan fingerprint density at radius 1 is 1.36 bits per heavy atom. The van der Waals surface area contributed by atoms with Crippen LogP contribution in [0.15, 0.2) is 46.9 Å². The molecule has 130 valence electrons. The molecule has 6 heteroatoms. The normalized spacial score (nSPS) is 24.2. The molecule has 25 heavy (non-hydrogen) atoms. The molecule has 2 aliphatic rings. The van der Waals surface area contributed by atoms with Gasteiger partial charge in [-0.3, -0.25) is 4.90 Å². The second-order valence-corrected chi connectivity index (χ2v) is 7.71. The molecule has 0 aromatic heterocycles. The molecule has 0 unspecified atom stereocenters. The first-order chi connectivity index (χ1) is 12.0. The molecule has 2 aromatic rings. The summed E-state index contributed by atoms with van der Waals surface area (Å²) in [5.41, 5.74) is 1.51. The number of para-hydroxylation sites is 1. The van der Waals surface area contributed by atoms with Crippen LogP contribution in [-0.2, 0) is 0 Å². The summed E-state index contributed by atoms with van der Waals surface area (Å²) in [4.78, 5) is 2.05. The van der Waals surface area contributed by atoms with Crippen molar-refractivity contribution < 1.29 is 9.47 Å². The molecule has 2 heterocycles. The number of anilines is 1. The summed E-state index contributed by atoms with van der Waals surface area (Å²) in [7, 11) is 0. The van der Waals surface area contributed by atoms with Gasteiger partial charge >= 0.3 is 0 Å². The molecule has 4 rings (SSSR count). The van der Waals surface area contributed by atoms with Crippen molar-refractivity contribution in [1.82, 2.24) is 5.32 Å².